The maximum absolute atomic E-state index is 12.8. The van der Waals surface area contributed by atoms with Gasteiger partial charge in [-0.25, -0.2) is 14.8 Å². The molecule has 1 aromatic carbocycles. The first-order valence-electron chi connectivity index (χ1n) is 7.46. The van der Waals surface area contributed by atoms with Crippen LogP contribution in [-0.2, 0) is 6.42 Å². The van der Waals surface area contributed by atoms with E-state index >= 15 is 0 Å². The SMILES string of the molecule is O=C(Nc1ccc(Br)c(Cl)c1)N1[C@H]2CC[C@@H]1c1cncnc1C2. The largest absolute Gasteiger partial charge is 0.322 e. The lowest BCUT2D eigenvalue weighted by Crippen LogP contribution is -2.44. The first-order chi connectivity index (χ1) is 11.1. The fourth-order valence-corrected chi connectivity index (χ4v) is 3.92. The summed E-state index contributed by atoms with van der Waals surface area (Å²) in [4.78, 5) is 23.2. The van der Waals surface area contributed by atoms with Gasteiger partial charge in [-0.2, -0.15) is 0 Å². The quantitative estimate of drug-likeness (QED) is 0.790. The molecule has 7 heteroatoms. The van der Waals surface area contributed by atoms with E-state index in [0.29, 0.717) is 10.7 Å². The Hall–Kier alpha value is -1.66. The number of hydrogen-bond donors (Lipinski definition) is 1. The highest BCUT2D eigenvalue weighted by Gasteiger charge is 2.43. The number of carbonyl (C=O) groups is 1. The van der Waals surface area contributed by atoms with Crippen LogP contribution in [0.25, 0.3) is 0 Å². The van der Waals surface area contributed by atoms with Crippen LogP contribution in [0.2, 0.25) is 5.02 Å². The minimum absolute atomic E-state index is 0.0656. The van der Waals surface area contributed by atoms with E-state index in [1.54, 1.807) is 12.4 Å². The molecule has 5 nitrogen and oxygen atoms in total. The normalized spacial score (nSPS) is 21.9. The van der Waals surface area contributed by atoms with Crippen molar-refractivity contribution in [2.75, 3.05) is 5.32 Å². The Morgan fingerprint density at radius 3 is 3.09 bits per heavy atom. The van der Waals surface area contributed by atoms with E-state index in [9.17, 15) is 4.79 Å². The van der Waals surface area contributed by atoms with Crippen LogP contribution in [0.3, 0.4) is 0 Å². The lowest BCUT2D eigenvalue weighted by atomic mass is 10.00. The fourth-order valence-electron chi connectivity index (χ4n) is 3.50. The van der Waals surface area contributed by atoms with Crippen molar-refractivity contribution in [1.29, 1.82) is 0 Å². The Balaban J connectivity index is 1.59. The van der Waals surface area contributed by atoms with Gasteiger partial charge in [0, 0.05) is 34.4 Å². The van der Waals surface area contributed by atoms with Crippen LogP contribution in [0, 0.1) is 0 Å². The molecule has 1 aromatic heterocycles. The smallest absolute Gasteiger partial charge is 0.314 e. The summed E-state index contributed by atoms with van der Waals surface area (Å²) < 4.78 is 0.807. The molecule has 0 aliphatic carbocycles. The van der Waals surface area contributed by atoms with Crippen LogP contribution in [0.15, 0.2) is 35.2 Å². The number of rotatable bonds is 1. The van der Waals surface area contributed by atoms with Gasteiger partial charge in [0.05, 0.1) is 16.8 Å². The number of carbonyl (C=O) groups excluding carboxylic acids is 1. The molecule has 2 bridgehead atoms. The molecule has 23 heavy (non-hydrogen) atoms. The number of urea groups is 1. The molecule has 0 unspecified atom stereocenters. The number of benzene rings is 1. The molecule has 0 spiro atoms. The average Bonchev–Trinajstić information content (AvgIpc) is 2.86. The van der Waals surface area contributed by atoms with Gasteiger partial charge in [0.2, 0.25) is 0 Å². The summed E-state index contributed by atoms with van der Waals surface area (Å²) in [5.74, 6) is 0. The number of nitrogens with zero attached hydrogens (tertiary/aromatic N) is 3. The summed E-state index contributed by atoms with van der Waals surface area (Å²) in [5, 5.41) is 3.52. The highest BCUT2D eigenvalue weighted by Crippen LogP contribution is 2.43. The van der Waals surface area contributed by atoms with Gasteiger partial charge in [-0.1, -0.05) is 11.6 Å². The lowest BCUT2D eigenvalue weighted by molar-refractivity contribution is 0.178. The van der Waals surface area contributed by atoms with Crippen molar-refractivity contribution in [3.8, 4) is 0 Å². The monoisotopic (exact) mass is 392 g/mol. The van der Waals surface area contributed by atoms with Crippen molar-refractivity contribution in [3.63, 3.8) is 0 Å². The van der Waals surface area contributed by atoms with E-state index in [1.807, 2.05) is 23.2 Å². The first kappa shape index (κ1) is 14.9. The molecule has 2 amide bonds. The minimum Gasteiger partial charge on any atom is -0.314 e. The Morgan fingerprint density at radius 1 is 1.39 bits per heavy atom. The van der Waals surface area contributed by atoms with Gasteiger partial charge in [0.25, 0.3) is 0 Å². The number of fused-ring (bicyclic) bond motifs is 4. The second kappa shape index (κ2) is 5.76. The zero-order valence-electron chi connectivity index (χ0n) is 12.2. The third kappa shape index (κ3) is 2.60. The van der Waals surface area contributed by atoms with Crippen LogP contribution in [0.1, 0.15) is 30.1 Å². The van der Waals surface area contributed by atoms with Crippen LogP contribution in [0.5, 0.6) is 0 Å². The van der Waals surface area contributed by atoms with Crippen LogP contribution < -0.4 is 5.32 Å². The molecule has 1 fully saturated rings. The number of amides is 2. The van der Waals surface area contributed by atoms with E-state index in [2.05, 4.69) is 31.2 Å². The Kier molecular flexibility index (Phi) is 3.73. The fraction of sp³-hybridized carbons (Fsp3) is 0.312. The first-order valence-corrected chi connectivity index (χ1v) is 8.63. The van der Waals surface area contributed by atoms with Gasteiger partial charge in [0.1, 0.15) is 6.33 Å². The summed E-state index contributed by atoms with van der Waals surface area (Å²) in [7, 11) is 0. The van der Waals surface area contributed by atoms with E-state index in [4.69, 9.17) is 11.6 Å². The minimum atomic E-state index is -0.0922. The van der Waals surface area contributed by atoms with Gasteiger partial charge < -0.3 is 10.2 Å². The highest BCUT2D eigenvalue weighted by atomic mass is 79.9. The van der Waals surface area contributed by atoms with E-state index in [1.165, 1.54) is 0 Å². The van der Waals surface area contributed by atoms with Crippen LogP contribution >= 0.6 is 27.5 Å². The van der Waals surface area contributed by atoms with Crippen molar-refractivity contribution in [2.45, 2.75) is 31.3 Å². The Bertz CT molecular complexity index is 784. The third-order valence-corrected chi connectivity index (χ3v) is 5.76. The number of nitrogens with one attached hydrogen (secondary N) is 1. The maximum atomic E-state index is 12.8. The lowest BCUT2D eigenvalue weighted by Gasteiger charge is -2.35. The molecular weight excluding hydrogens is 380 g/mol. The predicted molar refractivity (Wildman–Crippen MR) is 91.5 cm³/mol. The maximum Gasteiger partial charge on any atom is 0.322 e. The molecule has 2 aliphatic heterocycles. The number of halogens is 2. The van der Waals surface area contributed by atoms with Gasteiger partial charge in [-0.05, 0) is 47.0 Å². The van der Waals surface area contributed by atoms with Crippen LogP contribution in [0.4, 0.5) is 10.5 Å². The van der Waals surface area contributed by atoms with Crippen molar-refractivity contribution in [2.24, 2.45) is 0 Å². The molecule has 1 N–H and O–H groups in total. The zero-order valence-corrected chi connectivity index (χ0v) is 14.5. The molecule has 3 heterocycles. The van der Waals surface area contributed by atoms with Gasteiger partial charge in [-0.15, -0.1) is 0 Å². The number of hydrogen-bond acceptors (Lipinski definition) is 3. The topological polar surface area (TPSA) is 58.1 Å². The molecular formula is C16H14BrClN4O. The number of anilines is 1. The van der Waals surface area contributed by atoms with Gasteiger partial charge >= 0.3 is 6.03 Å². The second-order valence-electron chi connectivity index (χ2n) is 5.84. The summed E-state index contributed by atoms with van der Waals surface area (Å²) in [6.07, 6.45) is 6.17. The summed E-state index contributed by atoms with van der Waals surface area (Å²) in [5.41, 5.74) is 2.84. The molecule has 2 atom stereocenters. The van der Waals surface area contributed by atoms with Crippen molar-refractivity contribution in [1.82, 2.24) is 14.9 Å². The van der Waals surface area contributed by atoms with E-state index in [-0.39, 0.29) is 18.1 Å². The van der Waals surface area contributed by atoms with E-state index < -0.39 is 0 Å². The van der Waals surface area contributed by atoms with Gasteiger partial charge in [-0.3, -0.25) is 0 Å². The van der Waals surface area contributed by atoms with Crippen molar-refractivity contribution in [3.05, 3.63) is 51.5 Å². The van der Waals surface area contributed by atoms with Crippen molar-refractivity contribution >= 4 is 39.2 Å². The Morgan fingerprint density at radius 2 is 2.26 bits per heavy atom. The Labute approximate surface area is 147 Å². The van der Waals surface area contributed by atoms with Crippen LogP contribution in [-0.4, -0.2) is 26.9 Å². The summed E-state index contributed by atoms with van der Waals surface area (Å²) in [6.45, 7) is 0. The molecule has 1 saturated heterocycles. The molecule has 2 aliphatic rings. The predicted octanol–water partition coefficient (Wildman–Crippen LogP) is 4.19. The van der Waals surface area contributed by atoms with Gasteiger partial charge in [0.15, 0.2) is 0 Å². The molecule has 2 aromatic rings. The van der Waals surface area contributed by atoms with E-state index in [0.717, 1.165) is 35.0 Å². The highest BCUT2D eigenvalue weighted by molar-refractivity contribution is 9.10. The molecule has 118 valence electrons. The molecule has 0 radical (unpaired) electrons. The third-order valence-electron chi connectivity index (χ3n) is 4.52. The second-order valence-corrected chi connectivity index (χ2v) is 7.10. The zero-order chi connectivity index (χ0) is 16.0. The molecule has 4 rings (SSSR count). The van der Waals surface area contributed by atoms with Crippen molar-refractivity contribution < 1.29 is 4.79 Å². The average molecular weight is 394 g/mol. The summed E-state index contributed by atoms with van der Waals surface area (Å²) >= 11 is 9.44. The number of aromatic nitrogens is 2. The standard InChI is InChI=1S/C16H14BrClN4O/c17-12-3-1-9(5-13(12)18)21-16(23)22-10-2-4-15(22)11-7-19-8-20-14(11)6-10/h1,3,5,7-8,10,15H,2,4,6H2,(H,21,23)/t10-,15+/m0/s1. The molecule has 0 saturated carbocycles. The summed E-state index contributed by atoms with van der Waals surface area (Å²) in [6, 6.07) is 5.57.